The highest BCUT2D eigenvalue weighted by molar-refractivity contribution is 7.20. The zero-order chi connectivity index (χ0) is 78.6. The molecule has 1 aliphatic heterocycles. The fraction of sp³-hybridized carbons (Fsp3) is 0.0116. The maximum absolute atomic E-state index is 11.2. The molecule has 14 aromatic carbocycles. The van der Waals surface area contributed by atoms with Gasteiger partial charge < -0.3 is 9.47 Å². The van der Waals surface area contributed by atoms with Crippen molar-refractivity contribution in [2.45, 2.75) is 5.41 Å². The third-order valence-corrected chi connectivity index (χ3v) is 23.0. The molecule has 6 nitrogen and oxygen atoms in total. The van der Waals surface area contributed by atoms with Crippen LogP contribution in [0.3, 0.4) is 0 Å². The van der Waals surface area contributed by atoms with Gasteiger partial charge in [0.05, 0.1) is 66.3 Å². The lowest BCUT2D eigenvalue weighted by Gasteiger charge is -2.46. The number of rotatable bonds is 9. The number of hydrogen-bond acceptors (Lipinski definition) is 4. The Kier molecular flexibility index (Phi) is 8.17. The Morgan fingerprint density at radius 3 is 1.43 bits per heavy atom. The number of anilines is 3. The van der Waals surface area contributed by atoms with Gasteiger partial charge in [0.15, 0.2) is 19.7 Å². The molecule has 0 saturated heterocycles. The molecule has 2 aliphatic rings. The van der Waals surface area contributed by atoms with Gasteiger partial charge in [-0.25, -0.2) is 4.98 Å². The van der Waals surface area contributed by atoms with E-state index in [1.54, 1.807) is 36.4 Å². The van der Waals surface area contributed by atoms with Gasteiger partial charge in [0.2, 0.25) is 5.95 Å². The smallest absolute Gasteiger partial charge is 0.238 e. The molecule has 3 aromatic heterocycles. The monoisotopic (exact) mass is 1220 g/mol. The van der Waals surface area contributed by atoms with E-state index >= 15 is 0 Å². The topological polar surface area (TPSA) is 51.8 Å². The van der Waals surface area contributed by atoms with Gasteiger partial charge in [0, 0.05) is 44.0 Å². The van der Waals surface area contributed by atoms with Crippen LogP contribution in [0.5, 0.6) is 0 Å². The molecule has 7 heteroatoms. The largest absolute Gasteiger partial charge is 0.310 e. The summed E-state index contributed by atoms with van der Waals surface area (Å²) < 4.78 is 190. The first-order valence-electron chi connectivity index (χ1n) is 40.3. The lowest BCUT2D eigenvalue weighted by molar-refractivity contribution is 0.753. The van der Waals surface area contributed by atoms with Gasteiger partial charge in [0.1, 0.15) is 0 Å². The molecule has 0 saturated carbocycles. The number of aromatic nitrogens is 5. The van der Waals surface area contributed by atoms with E-state index in [0.29, 0.717) is 26.3 Å². The second kappa shape index (κ2) is 20.8. The second-order valence-corrected chi connectivity index (χ2v) is 26.8. The first-order valence-corrected chi connectivity index (χ1v) is 32.3. The predicted molar refractivity (Wildman–Crippen MR) is 386 cm³/mol. The standard InChI is InChI=1S/C86H56N6Si/c1-4-26-61(27-5-1)90-81-46-23-18-41-75(81)86(73-39-16-10-33-67(73)68-34-11-17-40-74(68)86)76-52-51-66(56-82(76)90)93(63-28-6-2-7-29-63,64-30-8-3-9-31-64)65-32-24-25-59(55-65)83-87-84(89-85(88-83)92-79-44-21-14-37-71(79)72-38-15-22-45-80(72)92)60-48-47-58-54-62(50-49-57(58)53-60)91-77-42-19-12-35-69(77)70-36-13-20-43-78(70)91/h1-56H/i12D,13D,14D,15D,19D,20D,21D,22D,24D,25D,32D,35D,36D,37D,38D,42D,43D,44D,45D,55D. The molecule has 1 spiro atoms. The van der Waals surface area contributed by atoms with Crippen molar-refractivity contribution in [3.63, 3.8) is 0 Å². The lowest BCUT2D eigenvalue weighted by atomic mass is 9.64. The van der Waals surface area contributed by atoms with Gasteiger partial charge in [-0.2, -0.15) is 9.97 Å². The van der Waals surface area contributed by atoms with Crippen molar-refractivity contribution in [1.29, 1.82) is 0 Å². The summed E-state index contributed by atoms with van der Waals surface area (Å²) in [6.07, 6.45) is 0. The SMILES string of the molecule is [2H]c1c([2H])c(-c2nc(-c3ccc4cc(-n5c6c([2H])c([2H])c([2H])c([2H])c6c6c([2H])c([2H])c([2H])c([2H])c65)ccc4c3)nc(-n3c4c([2H])c([2H])c([2H])c([2H])c4c4c([2H])c([2H])c([2H])c([2H])c43)n2)c([2H])c([Si](c2ccccc2)(c2ccccc2)c2ccc3c(c2)N(c2ccccc2)c2ccccc2C32c3ccccc3-c3ccccc32)c1[2H]. The number of para-hydroxylation sites is 6. The quantitative estimate of drug-likeness (QED) is 0.107. The average Bonchev–Trinajstić information content (AvgIpc) is 1.62. The summed E-state index contributed by atoms with van der Waals surface area (Å²) in [5.74, 6) is -1.14. The fourth-order valence-electron chi connectivity index (χ4n) is 14.7. The Hall–Kier alpha value is -12.0. The summed E-state index contributed by atoms with van der Waals surface area (Å²) in [4.78, 5) is 17.6. The van der Waals surface area contributed by atoms with Crippen molar-refractivity contribution < 1.29 is 27.4 Å². The highest BCUT2D eigenvalue weighted by Gasteiger charge is 2.53. The summed E-state index contributed by atoms with van der Waals surface area (Å²) in [7, 11) is -4.39. The van der Waals surface area contributed by atoms with Crippen molar-refractivity contribution in [2.75, 3.05) is 4.90 Å². The molecule has 0 unspecified atom stereocenters. The molecule has 0 radical (unpaired) electrons. The first-order chi connectivity index (χ1) is 54.4. The molecule has 434 valence electrons. The van der Waals surface area contributed by atoms with Crippen LogP contribution in [-0.4, -0.2) is 32.2 Å². The maximum atomic E-state index is 11.2. The molecular formula is C86H56N6Si. The third kappa shape index (κ3) is 7.78. The third-order valence-electron chi connectivity index (χ3n) is 18.5. The first kappa shape index (κ1) is 36.6. The van der Waals surface area contributed by atoms with Gasteiger partial charge in [-0.05, 0) is 132 Å². The second-order valence-electron chi connectivity index (χ2n) is 23.1. The van der Waals surface area contributed by atoms with Crippen molar-refractivity contribution in [2.24, 2.45) is 0 Å². The van der Waals surface area contributed by atoms with Crippen LogP contribution in [0, 0.1) is 0 Å². The molecule has 19 rings (SSSR count). The highest BCUT2D eigenvalue weighted by atomic mass is 28.3. The lowest BCUT2D eigenvalue weighted by Crippen LogP contribution is -2.74. The molecule has 0 atom stereocenters. The van der Waals surface area contributed by atoms with Crippen LogP contribution < -0.4 is 25.6 Å². The fourth-order valence-corrected chi connectivity index (χ4v) is 19.2. The van der Waals surface area contributed by atoms with Gasteiger partial charge in [-0.15, -0.1) is 0 Å². The number of benzene rings is 14. The van der Waals surface area contributed by atoms with Crippen LogP contribution in [-0.2, 0) is 5.41 Å². The predicted octanol–water partition coefficient (Wildman–Crippen LogP) is 18.1. The Labute approximate surface area is 567 Å². The zero-order valence-corrected chi connectivity index (χ0v) is 50.0. The van der Waals surface area contributed by atoms with Crippen molar-refractivity contribution in [3.8, 4) is 45.5 Å². The van der Waals surface area contributed by atoms with E-state index in [1.165, 1.54) is 4.57 Å². The molecule has 0 bridgehead atoms. The Bertz CT molecular complexity index is 6860. The van der Waals surface area contributed by atoms with Crippen LogP contribution in [0.1, 0.15) is 49.7 Å². The average molecular weight is 1220 g/mol. The Balaban J connectivity index is 0.901. The van der Waals surface area contributed by atoms with Gasteiger partial charge >= 0.3 is 0 Å². The minimum Gasteiger partial charge on any atom is -0.310 e. The van der Waals surface area contributed by atoms with E-state index in [0.717, 1.165) is 55.0 Å². The van der Waals surface area contributed by atoms with E-state index in [2.05, 4.69) is 102 Å². The van der Waals surface area contributed by atoms with Crippen LogP contribution >= 0.6 is 0 Å². The molecule has 1 aliphatic carbocycles. The van der Waals surface area contributed by atoms with Crippen molar-refractivity contribution in [1.82, 2.24) is 24.1 Å². The van der Waals surface area contributed by atoms with Crippen molar-refractivity contribution >= 4 is 100 Å². The van der Waals surface area contributed by atoms with Gasteiger partial charge in [-0.1, -0.05) is 273 Å². The maximum Gasteiger partial charge on any atom is 0.238 e. The summed E-state index contributed by atoms with van der Waals surface area (Å²) >= 11 is 0. The van der Waals surface area contributed by atoms with Crippen LogP contribution in [0.25, 0.3) is 99.9 Å². The molecule has 4 heterocycles. The normalized spacial score (nSPS) is 16.0. The summed E-state index contributed by atoms with van der Waals surface area (Å²) in [5, 5.41) is 2.31. The molecule has 17 aromatic rings. The van der Waals surface area contributed by atoms with E-state index in [-0.39, 0.29) is 71.4 Å². The minimum atomic E-state index is -4.39. The van der Waals surface area contributed by atoms with Crippen LogP contribution in [0.15, 0.2) is 339 Å². The summed E-state index contributed by atoms with van der Waals surface area (Å²) in [6, 6.07) is 59.1. The van der Waals surface area contributed by atoms with Gasteiger partial charge in [-0.3, -0.25) is 4.57 Å². The van der Waals surface area contributed by atoms with E-state index in [4.69, 9.17) is 28.7 Å². The molecule has 0 N–H and O–H groups in total. The van der Waals surface area contributed by atoms with Gasteiger partial charge in [0.25, 0.3) is 0 Å². The molecule has 0 fully saturated rings. The number of fused-ring (bicyclic) bond motifs is 16. The highest BCUT2D eigenvalue weighted by Crippen LogP contribution is 2.63. The van der Waals surface area contributed by atoms with Crippen molar-refractivity contribution in [3.05, 3.63) is 361 Å². The Morgan fingerprint density at radius 2 is 0.817 bits per heavy atom. The number of hydrogen-bond donors (Lipinski definition) is 0. The van der Waals surface area contributed by atoms with Crippen LogP contribution in [0.2, 0.25) is 0 Å². The summed E-state index contributed by atoms with van der Waals surface area (Å²) in [6.45, 7) is 0. The molecule has 0 amide bonds. The van der Waals surface area contributed by atoms with E-state index < -0.39 is 146 Å². The Morgan fingerprint density at radius 1 is 0.323 bits per heavy atom. The number of nitrogens with zero attached hydrogens (tertiary/aromatic N) is 6. The van der Waals surface area contributed by atoms with Crippen LogP contribution in [0.4, 0.5) is 17.1 Å². The van der Waals surface area contributed by atoms with E-state index in [1.807, 2.05) is 84.9 Å². The van der Waals surface area contributed by atoms with E-state index in [9.17, 15) is 13.7 Å². The molecular weight excluding hydrogens is 1150 g/mol. The molecule has 93 heavy (non-hydrogen) atoms. The minimum absolute atomic E-state index is 0.0686. The summed E-state index contributed by atoms with van der Waals surface area (Å²) in [5.41, 5.74) is 7.21. The zero-order valence-electron chi connectivity index (χ0n) is 69.0.